The van der Waals surface area contributed by atoms with Gasteiger partial charge in [0.25, 0.3) is 0 Å². The molecule has 1 aliphatic carbocycles. The second-order valence-electron chi connectivity index (χ2n) is 8.08. The van der Waals surface area contributed by atoms with Gasteiger partial charge in [-0.2, -0.15) is 0 Å². The summed E-state index contributed by atoms with van der Waals surface area (Å²) in [6, 6.07) is 6.30. The number of hydrogen-bond acceptors (Lipinski definition) is 3. The maximum atomic E-state index is 12.7. The number of aliphatic hydroxyl groups excluding tert-OH is 1. The van der Waals surface area contributed by atoms with Crippen LogP contribution in [0.2, 0.25) is 0 Å². The number of rotatable bonds is 6. The number of nitrogens with zero attached hydrogens (tertiary/aromatic N) is 1. The fourth-order valence-electron chi connectivity index (χ4n) is 4.76. The molecule has 1 amide bonds. The van der Waals surface area contributed by atoms with Crippen molar-refractivity contribution in [2.24, 2.45) is 5.41 Å². The minimum atomic E-state index is -0.218. The van der Waals surface area contributed by atoms with Gasteiger partial charge in [0.15, 0.2) is 0 Å². The molecule has 0 aromatic heterocycles. The third kappa shape index (κ3) is 4.22. The van der Waals surface area contributed by atoms with E-state index in [2.05, 4.69) is 19.1 Å². The molecular formula is C22H33NO3. The summed E-state index contributed by atoms with van der Waals surface area (Å²) in [4.78, 5) is 14.7. The number of ether oxygens (including phenoxy) is 1. The Morgan fingerprint density at radius 3 is 2.85 bits per heavy atom. The van der Waals surface area contributed by atoms with Crippen LogP contribution in [-0.4, -0.2) is 41.7 Å². The van der Waals surface area contributed by atoms with Gasteiger partial charge in [-0.25, -0.2) is 0 Å². The summed E-state index contributed by atoms with van der Waals surface area (Å²) in [5.74, 6) is 1.20. The van der Waals surface area contributed by atoms with Gasteiger partial charge in [0.2, 0.25) is 5.91 Å². The number of aryl methyl sites for hydroxylation is 2. The summed E-state index contributed by atoms with van der Waals surface area (Å²) in [5, 5.41) is 10.4. The molecule has 3 rings (SSSR count). The molecule has 1 N–H and O–H groups in total. The number of aliphatic hydroxyl groups is 1. The Kier molecular flexibility index (Phi) is 6.23. The van der Waals surface area contributed by atoms with Crippen LogP contribution in [0.5, 0.6) is 5.75 Å². The lowest BCUT2D eigenvalue weighted by Gasteiger charge is -2.42. The SMILES string of the molecule is CCOc1ccc(CCCC(=O)N2CCC[C@@]3(CCC[C@H]3O)C2)cc1C. The predicted octanol–water partition coefficient (Wildman–Crippen LogP) is 3.87. The van der Waals surface area contributed by atoms with Crippen LogP contribution in [0.1, 0.15) is 63.0 Å². The van der Waals surface area contributed by atoms with Crippen molar-refractivity contribution in [3.63, 3.8) is 0 Å². The first-order chi connectivity index (χ1) is 12.5. The standard InChI is InChI=1S/C22H33NO3/c1-3-26-19-11-10-18(15-17(19)2)7-4-9-21(25)23-14-6-13-22(16-23)12-5-8-20(22)24/h10-11,15,20,24H,3-9,12-14,16H2,1-2H3/t20-,22+/m1/s1. The van der Waals surface area contributed by atoms with Crippen LogP contribution < -0.4 is 4.74 Å². The van der Waals surface area contributed by atoms with Gasteiger partial charge in [0.05, 0.1) is 12.7 Å². The first-order valence-corrected chi connectivity index (χ1v) is 10.2. The zero-order valence-corrected chi connectivity index (χ0v) is 16.3. The Bertz CT molecular complexity index is 630. The fourth-order valence-corrected chi connectivity index (χ4v) is 4.76. The first kappa shape index (κ1) is 19.2. The van der Waals surface area contributed by atoms with Gasteiger partial charge in [-0.15, -0.1) is 0 Å². The number of piperidine rings is 1. The van der Waals surface area contributed by atoms with E-state index in [0.29, 0.717) is 13.0 Å². The topological polar surface area (TPSA) is 49.8 Å². The molecule has 2 atom stereocenters. The van der Waals surface area contributed by atoms with Crippen LogP contribution in [0.4, 0.5) is 0 Å². The average molecular weight is 360 g/mol. The lowest BCUT2D eigenvalue weighted by Crippen LogP contribution is -2.49. The van der Waals surface area contributed by atoms with E-state index in [0.717, 1.165) is 69.3 Å². The minimum Gasteiger partial charge on any atom is -0.494 e. The Morgan fingerprint density at radius 2 is 2.15 bits per heavy atom. The van der Waals surface area contributed by atoms with Crippen molar-refractivity contribution in [3.8, 4) is 5.75 Å². The molecule has 144 valence electrons. The van der Waals surface area contributed by atoms with Gasteiger partial charge in [0, 0.05) is 24.9 Å². The van der Waals surface area contributed by atoms with Gasteiger partial charge in [-0.1, -0.05) is 18.6 Å². The lowest BCUT2D eigenvalue weighted by molar-refractivity contribution is -0.136. The van der Waals surface area contributed by atoms with Crippen LogP contribution >= 0.6 is 0 Å². The Hall–Kier alpha value is -1.55. The third-order valence-corrected chi connectivity index (χ3v) is 6.22. The summed E-state index contributed by atoms with van der Waals surface area (Å²) < 4.78 is 5.59. The summed E-state index contributed by atoms with van der Waals surface area (Å²) in [5.41, 5.74) is 2.41. The monoisotopic (exact) mass is 359 g/mol. The van der Waals surface area contributed by atoms with Gasteiger partial charge >= 0.3 is 0 Å². The predicted molar refractivity (Wildman–Crippen MR) is 103 cm³/mol. The molecule has 0 unspecified atom stereocenters. The van der Waals surface area contributed by atoms with E-state index in [1.165, 1.54) is 5.56 Å². The average Bonchev–Trinajstić information content (AvgIpc) is 2.97. The van der Waals surface area contributed by atoms with Crippen molar-refractivity contribution in [2.45, 2.75) is 71.3 Å². The van der Waals surface area contributed by atoms with Crippen LogP contribution in [0.25, 0.3) is 0 Å². The molecular weight excluding hydrogens is 326 g/mol. The summed E-state index contributed by atoms with van der Waals surface area (Å²) in [6.07, 6.45) is 7.34. The van der Waals surface area contributed by atoms with Crippen molar-refractivity contribution in [1.82, 2.24) is 4.90 Å². The number of amides is 1. The van der Waals surface area contributed by atoms with Crippen LogP contribution in [-0.2, 0) is 11.2 Å². The summed E-state index contributed by atoms with van der Waals surface area (Å²) in [7, 11) is 0. The molecule has 0 bridgehead atoms. The molecule has 1 aromatic rings. The lowest BCUT2D eigenvalue weighted by atomic mass is 9.76. The highest BCUT2D eigenvalue weighted by Crippen LogP contribution is 2.45. The van der Waals surface area contributed by atoms with E-state index >= 15 is 0 Å². The molecule has 4 nitrogen and oxygen atoms in total. The van der Waals surface area contributed by atoms with Crippen molar-refractivity contribution in [2.75, 3.05) is 19.7 Å². The maximum Gasteiger partial charge on any atom is 0.222 e. The van der Waals surface area contributed by atoms with Crippen molar-refractivity contribution < 1.29 is 14.6 Å². The second kappa shape index (κ2) is 8.43. The molecule has 1 heterocycles. The highest BCUT2D eigenvalue weighted by atomic mass is 16.5. The summed E-state index contributed by atoms with van der Waals surface area (Å²) >= 11 is 0. The number of carbonyl (C=O) groups is 1. The van der Waals surface area contributed by atoms with E-state index < -0.39 is 0 Å². The molecule has 1 spiro atoms. The molecule has 1 saturated carbocycles. The number of benzene rings is 1. The molecule has 1 saturated heterocycles. The third-order valence-electron chi connectivity index (χ3n) is 6.22. The van der Waals surface area contributed by atoms with Crippen LogP contribution in [0.3, 0.4) is 0 Å². The molecule has 2 fully saturated rings. The van der Waals surface area contributed by atoms with Crippen molar-refractivity contribution in [3.05, 3.63) is 29.3 Å². The quantitative estimate of drug-likeness (QED) is 0.839. The van der Waals surface area contributed by atoms with Gasteiger partial charge in [0.1, 0.15) is 5.75 Å². The van der Waals surface area contributed by atoms with E-state index in [-0.39, 0.29) is 17.4 Å². The molecule has 1 aromatic carbocycles. The number of hydrogen-bond donors (Lipinski definition) is 1. The van der Waals surface area contributed by atoms with E-state index in [1.807, 2.05) is 17.9 Å². The largest absolute Gasteiger partial charge is 0.494 e. The zero-order chi connectivity index (χ0) is 18.6. The first-order valence-electron chi connectivity index (χ1n) is 10.2. The molecule has 26 heavy (non-hydrogen) atoms. The van der Waals surface area contributed by atoms with Gasteiger partial charge in [-0.05, 0) is 69.6 Å². The second-order valence-corrected chi connectivity index (χ2v) is 8.08. The zero-order valence-electron chi connectivity index (χ0n) is 16.3. The molecule has 1 aliphatic heterocycles. The van der Waals surface area contributed by atoms with Crippen LogP contribution in [0.15, 0.2) is 18.2 Å². The highest BCUT2D eigenvalue weighted by molar-refractivity contribution is 5.76. The normalized spacial score (nSPS) is 25.7. The number of likely N-dealkylation sites (tertiary alicyclic amines) is 1. The minimum absolute atomic E-state index is 0.0138. The Labute approximate surface area is 157 Å². The van der Waals surface area contributed by atoms with E-state index in [1.54, 1.807) is 0 Å². The van der Waals surface area contributed by atoms with E-state index in [9.17, 15) is 9.90 Å². The maximum absolute atomic E-state index is 12.7. The van der Waals surface area contributed by atoms with Crippen molar-refractivity contribution >= 4 is 5.91 Å². The Morgan fingerprint density at radius 1 is 1.35 bits per heavy atom. The highest BCUT2D eigenvalue weighted by Gasteiger charge is 2.45. The van der Waals surface area contributed by atoms with Gasteiger partial charge in [-0.3, -0.25) is 4.79 Å². The molecule has 4 heteroatoms. The van der Waals surface area contributed by atoms with Gasteiger partial charge < -0.3 is 14.7 Å². The van der Waals surface area contributed by atoms with Crippen molar-refractivity contribution in [1.29, 1.82) is 0 Å². The van der Waals surface area contributed by atoms with E-state index in [4.69, 9.17) is 4.74 Å². The molecule has 0 radical (unpaired) electrons. The molecule has 2 aliphatic rings. The smallest absolute Gasteiger partial charge is 0.222 e. The Balaban J connectivity index is 1.49. The summed E-state index contributed by atoms with van der Waals surface area (Å²) in [6.45, 7) is 6.36. The van der Waals surface area contributed by atoms with Crippen LogP contribution in [0, 0.1) is 12.3 Å². The number of carbonyl (C=O) groups excluding carboxylic acids is 1. The fraction of sp³-hybridized carbons (Fsp3) is 0.682.